The van der Waals surface area contributed by atoms with Gasteiger partial charge in [0.05, 0.1) is 0 Å². The van der Waals surface area contributed by atoms with E-state index in [4.69, 9.17) is 0 Å². The first-order valence-electron chi connectivity index (χ1n) is 9.58. The number of hydrogen-bond acceptors (Lipinski definition) is 2. The molecule has 0 aliphatic heterocycles. The Morgan fingerprint density at radius 3 is 2.14 bits per heavy atom. The Morgan fingerprint density at radius 2 is 1.55 bits per heavy atom. The van der Waals surface area contributed by atoms with E-state index in [1.165, 1.54) is 0 Å². The Balaban J connectivity index is 2.10. The van der Waals surface area contributed by atoms with Crippen LogP contribution in [0.25, 0.3) is 33.2 Å². The fraction of sp³-hybridized carbons (Fsp3) is 0.160. The first kappa shape index (κ1) is 18.8. The minimum absolute atomic E-state index is 0.330. The number of aromatic nitrogens is 1. The number of rotatable bonds is 4. The van der Waals surface area contributed by atoms with Gasteiger partial charge < -0.3 is 14.6 Å². The molecule has 1 heterocycles. The highest BCUT2D eigenvalue weighted by Crippen LogP contribution is 2.41. The molecule has 146 valence electrons. The minimum atomic E-state index is -0.906. The molecule has 4 aromatic rings. The smallest absolute Gasteiger partial charge is 0.352 e. The van der Waals surface area contributed by atoms with Crippen molar-refractivity contribution in [2.45, 2.75) is 6.92 Å². The molecule has 0 fully saturated rings. The van der Waals surface area contributed by atoms with Gasteiger partial charge in [0.15, 0.2) is 0 Å². The molecule has 0 saturated heterocycles. The van der Waals surface area contributed by atoms with Gasteiger partial charge in [-0.2, -0.15) is 0 Å². The highest BCUT2D eigenvalue weighted by Gasteiger charge is 2.22. The van der Waals surface area contributed by atoms with Gasteiger partial charge in [0.1, 0.15) is 5.69 Å². The average Bonchev–Trinajstić information content (AvgIpc) is 2.98. The number of carboxylic acid groups (broad SMARTS) is 1. The fourth-order valence-corrected chi connectivity index (χ4v) is 4.13. The molecule has 0 amide bonds. The summed E-state index contributed by atoms with van der Waals surface area (Å²) in [7, 11) is 5.86. The van der Waals surface area contributed by atoms with E-state index >= 15 is 0 Å². The highest BCUT2D eigenvalue weighted by molar-refractivity contribution is 6.09. The van der Waals surface area contributed by atoms with E-state index in [1.807, 2.05) is 52.3 Å². The lowest BCUT2D eigenvalue weighted by atomic mass is 9.90. The van der Waals surface area contributed by atoms with Gasteiger partial charge in [0.25, 0.3) is 0 Å². The Labute approximate surface area is 170 Å². The van der Waals surface area contributed by atoms with E-state index in [0.717, 1.165) is 44.4 Å². The largest absolute Gasteiger partial charge is 0.477 e. The lowest BCUT2D eigenvalue weighted by Crippen LogP contribution is -2.07. The van der Waals surface area contributed by atoms with Gasteiger partial charge in [-0.05, 0) is 52.9 Å². The van der Waals surface area contributed by atoms with Crippen LogP contribution in [0.15, 0.2) is 66.7 Å². The van der Waals surface area contributed by atoms with Gasteiger partial charge in [-0.1, -0.05) is 48.5 Å². The van der Waals surface area contributed by atoms with Gasteiger partial charge in [-0.25, -0.2) is 4.79 Å². The van der Waals surface area contributed by atoms with Crippen molar-refractivity contribution in [2.75, 3.05) is 19.0 Å². The lowest BCUT2D eigenvalue weighted by molar-refractivity contribution is 0.0686. The number of fused-ring (bicyclic) bond motifs is 1. The molecule has 4 heteroatoms. The normalized spacial score (nSPS) is 11.0. The van der Waals surface area contributed by atoms with Gasteiger partial charge in [-0.15, -0.1) is 0 Å². The summed E-state index contributed by atoms with van der Waals surface area (Å²) in [6.45, 7) is 1.90. The van der Waals surface area contributed by atoms with Crippen LogP contribution in [0.1, 0.15) is 16.1 Å². The molecule has 29 heavy (non-hydrogen) atoms. The molecule has 0 saturated carbocycles. The van der Waals surface area contributed by atoms with Crippen molar-refractivity contribution >= 4 is 22.6 Å². The van der Waals surface area contributed by atoms with E-state index in [1.54, 1.807) is 4.57 Å². The number of carboxylic acids is 1. The van der Waals surface area contributed by atoms with Gasteiger partial charge in [-0.3, -0.25) is 0 Å². The number of nitrogens with zero attached hydrogens (tertiary/aromatic N) is 2. The van der Waals surface area contributed by atoms with Crippen molar-refractivity contribution < 1.29 is 9.90 Å². The van der Waals surface area contributed by atoms with Crippen LogP contribution >= 0.6 is 0 Å². The topological polar surface area (TPSA) is 45.5 Å². The summed E-state index contributed by atoms with van der Waals surface area (Å²) in [5, 5.41) is 10.8. The third-order valence-corrected chi connectivity index (χ3v) is 5.57. The molecule has 0 bridgehead atoms. The molecule has 3 aromatic carbocycles. The number of aryl methyl sites for hydroxylation is 2. The highest BCUT2D eigenvalue weighted by atomic mass is 16.4. The summed E-state index contributed by atoms with van der Waals surface area (Å²) in [6.07, 6.45) is 0. The minimum Gasteiger partial charge on any atom is -0.477 e. The molecule has 0 unspecified atom stereocenters. The van der Waals surface area contributed by atoms with Crippen LogP contribution in [0.3, 0.4) is 0 Å². The Hall–Kier alpha value is -3.53. The van der Waals surface area contributed by atoms with Crippen molar-refractivity contribution in [1.29, 1.82) is 0 Å². The van der Waals surface area contributed by atoms with E-state index in [-0.39, 0.29) is 0 Å². The van der Waals surface area contributed by atoms with Gasteiger partial charge in [0.2, 0.25) is 0 Å². The first-order chi connectivity index (χ1) is 13.9. The summed E-state index contributed by atoms with van der Waals surface area (Å²) in [5.74, 6) is -0.906. The zero-order valence-corrected chi connectivity index (χ0v) is 17.1. The number of hydrogen-bond donors (Lipinski definition) is 1. The van der Waals surface area contributed by atoms with Crippen LogP contribution in [0, 0.1) is 6.92 Å². The molecule has 4 rings (SSSR count). The second-order valence-electron chi connectivity index (χ2n) is 7.53. The van der Waals surface area contributed by atoms with Crippen LogP contribution < -0.4 is 4.90 Å². The molecule has 0 aliphatic rings. The standard InChI is InChI=1S/C25H24N2O2/c1-16-22-21(27(4)24(16)25(28)29)15-14-20(17-8-6-5-7-9-17)23(22)18-10-12-19(13-11-18)26(2)3/h5-15H,1-4H3,(H,28,29). The van der Waals surface area contributed by atoms with Crippen LogP contribution in [0.5, 0.6) is 0 Å². The second kappa shape index (κ2) is 7.13. The number of carbonyl (C=O) groups is 1. The third-order valence-electron chi connectivity index (χ3n) is 5.57. The lowest BCUT2D eigenvalue weighted by Gasteiger charge is -2.16. The van der Waals surface area contributed by atoms with Crippen LogP contribution in [-0.2, 0) is 7.05 Å². The van der Waals surface area contributed by atoms with E-state index < -0.39 is 5.97 Å². The Kier molecular flexibility index (Phi) is 4.63. The molecular formula is C25H24N2O2. The number of aromatic carboxylic acids is 1. The maximum absolute atomic E-state index is 11.9. The fourth-order valence-electron chi connectivity index (χ4n) is 4.13. The van der Waals surface area contributed by atoms with Crippen molar-refractivity contribution in [3.8, 4) is 22.3 Å². The van der Waals surface area contributed by atoms with E-state index in [2.05, 4.69) is 47.4 Å². The summed E-state index contributed by atoms with van der Waals surface area (Å²) in [5.41, 5.74) is 7.52. The second-order valence-corrected chi connectivity index (χ2v) is 7.53. The van der Waals surface area contributed by atoms with E-state index in [0.29, 0.717) is 5.69 Å². The quantitative estimate of drug-likeness (QED) is 0.499. The SMILES string of the molecule is Cc1c(C(=O)O)n(C)c2ccc(-c3ccccc3)c(-c3ccc(N(C)C)cc3)c12. The van der Waals surface area contributed by atoms with Crippen LogP contribution in [-0.4, -0.2) is 29.7 Å². The average molecular weight is 384 g/mol. The monoisotopic (exact) mass is 384 g/mol. The maximum Gasteiger partial charge on any atom is 0.352 e. The Morgan fingerprint density at radius 1 is 0.897 bits per heavy atom. The van der Waals surface area contributed by atoms with Crippen molar-refractivity contribution in [1.82, 2.24) is 4.57 Å². The summed E-state index contributed by atoms with van der Waals surface area (Å²) >= 11 is 0. The van der Waals surface area contributed by atoms with Crippen LogP contribution in [0.4, 0.5) is 5.69 Å². The van der Waals surface area contributed by atoms with E-state index in [9.17, 15) is 9.90 Å². The third kappa shape index (κ3) is 3.07. The first-order valence-corrected chi connectivity index (χ1v) is 9.58. The predicted octanol–water partition coefficient (Wildman–Crippen LogP) is 5.58. The molecule has 0 atom stereocenters. The molecule has 4 nitrogen and oxygen atoms in total. The molecule has 0 spiro atoms. The zero-order chi connectivity index (χ0) is 20.7. The van der Waals surface area contributed by atoms with Gasteiger partial charge in [0, 0.05) is 37.7 Å². The molecule has 1 N–H and O–H groups in total. The molecule has 0 radical (unpaired) electrons. The summed E-state index contributed by atoms with van der Waals surface area (Å²) < 4.78 is 1.78. The van der Waals surface area contributed by atoms with Crippen molar-refractivity contribution in [3.05, 3.63) is 78.0 Å². The molecule has 1 aromatic heterocycles. The number of anilines is 1. The van der Waals surface area contributed by atoms with Crippen molar-refractivity contribution in [3.63, 3.8) is 0 Å². The Bertz CT molecular complexity index is 1200. The molecular weight excluding hydrogens is 360 g/mol. The van der Waals surface area contributed by atoms with Crippen LogP contribution in [0.2, 0.25) is 0 Å². The summed E-state index contributed by atoms with van der Waals surface area (Å²) in [6, 6.07) is 22.8. The maximum atomic E-state index is 11.9. The number of benzene rings is 3. The van der Waals surface area contributed by atoms with Gasteiger partial charge >= 0.3 is 5.97 Å². The zero-order valence-electron chi connectivity index (χ0n) is 17.1. The summed E-state index contributed by atoms with van der Waals surface area (Å²) in [4.78, 5) is 14.0. The predicted molar refractivity (Wildman–Crippen MR) is 120 cm³/mol. The molecule has 0 aliphatic carbocycles. The van der Waals surface area contributed by atoms with Crippen molar-refractivity contribution in [2.24, 2.45) is 7.05 Å².